The minimum absolute atomic E-state index is 0.489. The molecule has 0 fully saturated rings. The van der Waals surface area contributed by atoms with Crippen LogP contribution in [-0.2, 0) is 0 Å². The van der Waals surface area contributed by atoms with Crippen molar-refractivity contribution in [2.75, 3.05) is 40.8 Å². The maximum atomic E-state index is 6.72. The molecule has 4 aromatic rings. The fourth-order valence-electron chi connectivity index (χ4n) is 3.94. The van der Waals surface area contributed by atoms with Crippen molar-refractivity contribution in [1.29, 1.82) is 0 Å². The van der Waals surface area contributed by atoms with Crippen molar-refractivity contribution in [3.8, 4) is 56.8 Å². The van der Waals surface area contributed by atoms with Crippen LogP contribution >= 0.6 is 0 Å². The zero-order valence-electron chi connectivity index (χ0n) is 20.5. The Morgan fingerprint density at radius 1 is 0.743 bits per heavy atom. The predicted octanol–water partition coefficient (Wildman–Crippen LogP) is 5.22. The van der Waals surface area contributed by atoms with Gasteiger partial charge in [-0.2, -0.15) is 5.10 Å². The van der Waals surface area contributed by atoms with Gasteiger partial charge in [0.25, 0.3) is 0 Å². The highest BCUT2D eigenvalue weighted by Crippen LogP contribution is 2.45. The van der Waals surface area contributed by atoms with E-state index in [1.807, 2.05) is 67.6 Å². The molecule has 4 rings (SSSR count). The van der Waals surface area contributed by atoms with Gasteiger partial charge >= 0.3 is 0 Å². The zero-order chi connectivity index (χ0) is 24.9. The quantitative estimate of drug-likeness (QED) is 0.355. The van der Waals surface area contributed by atoms with E-state index < -0.39 is 0 Å². The number of benzene rings is 3. The molecule has 35 heavy (non-hydrogen) atoms. The molecule has 1 heterocycles. The Balaban J connectivity index is 1.95. The summed E-state index contributed by atoms with van der Waals surface area (Å²) in [6, 6.07) is 19.0. The van der Waals surface area contributed by atoms with Crippen LogP contribution in [0.5, 0.6) is 28.7 Å². The second kappa shape index (κ2) is 10.3. The lowest BCUT2D eigenvalue weighted by Crippen LogP contribution is -2.02. The lowest BCUT2D eigenvalue weighted by Gasteiger charge is -2.14. The Hall–Kier alpha value is -4.33. The molecule has 0 saturated carbocycles. The Labute approximate surface area is 204 Å². The smallest absolute Gasteiger partial charge is 0.203 e. The molecule has 8 heteroatoms. The molecule has 0 aliphatic carbocycles. The largest absolute Gasteiger partial charge is 0.497 e. The van der Waals surface area contributed by atoms with Crippen LogP contribution in [0.1, 0.15) is 6.92 Å². The number of nitrogens with two attached hydrogens (primary N) is 1. The highest BCUT2D eigenvalue weighted by atomic mass is 16.5. The molecule has 0 amide bonds. The normalized spacial score (nSPS) is 10.7. The highest BCUT2D eigenvalue weighted by Gasteiger charge is 2.23. The molecule has 8 nitrogen and oxygen atoms in total. The molecule has 0 bridgehead atoms. The third-order valence-corrected chi connectivity index (χ3v) is 5.63. The number of methoxy groups -OCH3 is 4. The molecule has 1 aromatic heterocycles. The monoisotopic (exact) mass is 475 g/mol. The van der Waals surface area contributed by atoms with Gasteiger partial charge in [0, 0.05) is 5.56 Å². The number of aromatic nitrogens is 2. The van der Waals surface area contributed by atoms with Crippen molar-refractivity contribution in [2.45, 2.75) is 6.92 Å². The second-order valence-electron chi connectivity index (χ2n) is 7.59. The highest BCUT2D eigenvalue weighted by molar-refractivity contribution is 5.90. The topological polar surface area (TPSA) is 90.0 Å². The zero-order valence-corrected chi connectivity index (χ0v) is 20.5. The van der Waals surface area contributed by atoms with E-state index in [2.05, 4.69) is 0 Å². The molecule has 0 aliphatic rings. The summed E-state index contributed by atoms with van der Waals surface area (Å²) in [4.78, 5) is 0. The lowest BCUT2D eigenvalue weighted by atomic mass is 10.00. The number of ether oxygens (including phenoxy) is 5. The van der Waals surface area contributed by atoms with Gasteiger partial charge in [0.2, 0.25) is 5.75 Å². The number of nitrogen functional groups attached to an aromatic ring is 1. The van der Waals surface area contributed by atoms with Crippen LogP contribution in [0, 0.1) is 0 Å². The minimum Gasteiger partial charge on any atom is -0.497 e. The molecule has 0 saturated heterocycles. The minimum atomic E-state index is 0.489. The average Bonchev–Trinajstić information content (AvgIpc) is 3.25. The van der Waals surface area contributed by atoms with Crippen LogP contribution in [0.4, 0.5) is 5.82 Å². The number of rotatable bonds is 9. The molecular formula is C27H29N3O5. The maximum absolute atomic E-state index is 6.72. The van der Waals surface area contributed by atoms with E-state index in [-0.39, 0.29) is 0 Å². The van der Waals surface area contributed by atoms with Gasteiger partial charge in [-0.25, -0.2) is 4.68 Å². The maximum Gasteiger partial charge on any atom is 0.203 e. The Morgan fingerprint density at radius 3 is 1.86 bits per heavy atom. The molecule has 0 aliphatic heterocycles. The van der Waals surface area contributed by atoms with Gasteiger partial charge < -0.3 is 29.4 Å². The van der Waals surface area contributed by atoms with Gasteiger partial charge in [0.15, 0.2) is 11.5 Å². The van der Waals surface area contributed by atoms with Gasteiger partial charge in [0.05, 0.1) is 46.3 Å². The fraction of sp³-hybridized carbons (Fsp3) is 0.222. The van der Waals surface area contributed by atoms with E-state index in [1.54, 1.807) is 33.1 Å². The van der Waals surface area contributed by atoms with Crippen LogP contribution < -0.4 is 29.4 Å². The first-order valence-corrected chi connectivity index (χ1v) is 11.1. The van der Waals surface area contributed by atoms with Gasteiger partial charge in [-0.1, -0.05) is 12.1 Å². The van der Waals surface area contributed by atoms with E-state index in [4.69, 9.17) is 34.5 Å². The van der Waals surface area contributed by atoms with Crippen LogP contribution in [0.25, 0.3) is 28.1 Å². The molecule has 182 valence electrons. The summed E-state index contributed by atoms with van der Waals surface area (Å²) < 4.78 is 29.3. The van der Waals surface area contributed by atoms with Crippen molar-refractivity contribution < 1.29 is 23.7 Å². The van der Waals surface area contributed by atoms with E-state index in [1.165, 1.54) is 0 Å². The molecule has 0 unspecified atom stereocenters. The third kappa shape index (κ3) is 4.55. The summed E-state index contributed by atoms with van der Waals surface area (Å²) >= 11 is 0. The second-order valence-corrected chi connectivity index (χ2v) is 7.59. The molecule has 0 atom stereocenters. The Morgan fingerprint density at radius 2 is 1.34 bits per heavy atom. The third-order valence-electron chi connectivity index (χ3n) is 5.63. The molecule has 0 spiro atoms. The van der Waals surface area contributed by atoms with Gasteiger partial charge in [-0.3, -0.25) is 0 Å². The number of hydrogen-bond donors (Lipinski definition) is 1. The number of hydrogen-bond acceptors (Lipinski definition) is 7. The Bertz CT molecular complexity index is 1270. The van der Waals surface area contributed by atoms with E-state index in [9.17, 15) is 0 Å². The summed E-state index contributed by atoms with van der Waals surface area (Å²) in [5.41, 5.74) is 10.6. The molecular weight excluding hydrogens is 446 g/mol. The summed E-state index contributed by atoms with van der Waals surface area (Å²) in [5, 5.41) is 4.91. The SMILES string of the molecule is CCOc1ccc(-c2c(-c3cc(OC)c(OC)c(OC)c3)nn(-c3ccc(OC)cc3)c2N)cc1. The first-order chi connectivity index (χ1) is 17.0. The standard InChI is InChI=1S/C27H29N3O5/c1-6-35-21-11-7-17(8-12-21)24-25(18-15-22(32-3)26(34-5)23(16-18)33-4)29-30(27(24)28)19-9-13-20(31-2)14-10-19/h7-16H,6,28H2,1-5H3. The summed E-state index contributed by atoms with van der Waals surface area (Å²) in [5.74, 6) is 3.57. The van der Waals surface area contributed by atoms with E-state index in [0.717, 1.165) is 33.9 Å². The van der Waals surface area contributed by atoms with Gasteiger partial charge in [-0.15, -0.1) is 0 Å². The Kier molecular flexibility index (Phi) is 7.01. The van der Waals surface area contributed by atoms with Crippen molar-refractivity contribution in [1.82, 2.24) is 9.78 Å². The summed E-state index contributed by atoms with van der Waals surface area (Å²) in [7, 11) is 6.36. The molecule has 0 radical (unpaired) electrons. The van der Waals surface area contributed by atoms with Crippen molar-refractivity contribution in [3.05, 3.63) is 60.7 Å². The first-order valence-electron chi connectivity index (χ1n) is 11.1. The van der Waals surface area contributed by atoms with Gasteiger partial charge in [-0.05, 0) is 61.0 Å². The van der Waals surface area contributed by atoms with Crippen molar-refractivity contribution in [3.63, 3.8) is 0 Å². The average molecular weight is 476 g/mol. The van der Waals surface area contributed by atoms with Crippen LogP contribution in [0.3, 0.4) is 0 Å². The van der Waals surface area contributed by atoms with Crippen LogP contribution in [0.15, 0.2) is 60.7 Å². The number of nitrogens with zero attached hydrogens (tertiary/aromatic N) is 2. The predicted molar refractivity (Wildman–Crippen MR) is 136 cm³/mol. The van der Waals surface area contributed by atoms with Crippen LogP contribution in [0.2, 0.25) is 0 Å². The van der Waals surface area contributed by atoms with E-state index in [0.29, 0.717) is 35.4 Å². The van der Waals surface area contributed by atoms with Crippen molar-refractivity contribution in [2.24, 2.45) is 0 Å². The fourth-order valence-corrected chi connectivity index (χ4v) is 3.94. The number of anilines is 1. The van der Waals surface area contributed by atoms with Gasteiger partial charge in [0.1, 0.15) is 23.0 Å². The molecule has 2 N–H and O–H groups in total. The van der Waals surface area contributed by atoms with Crippen molar-refractivity contribution >= 4 is 5.82 Å². The molecule has 3 aromatic carbocycles. The summed E-state index contributed by atoms with van der Waals surface area (Å²) in [6.07, 6.45) is 0. The first kappa shape index (κ1) is 23.8. The lowest BCUT2D eigenvalue weighted by molar-refractivity contribution is 0.324. The van der Waals surface area contributed by atoms with Crippen LogP contribution in [-0.4, -0.2) is 44.8 Å². The van der Waals surface area contributed by atoms with E-state index >= 15 is 0 Å². The summed E-state index contributed by atoms with van der Waals surface area (Å²) in [6.45, 7) is 2.54.